The van der Waals surface area contributed by atoms with E-state index in [2.05, 4.69) is 21.2 Å². The SMILES string of the molecule is COc1ccc(F)c(NC(C)c2cc(Br)cs2)c1. The molecule has 0 bridgehead atoms. The number of benzene rings is 1. The lowest BCUT2D eigenvalue weighted by Gasteiger charge is -2.15. The monoisotopic (exact) mass is 329 g/mol. The molecule has 0 aliphatic heterocycles. The number of hydrogen-bond donors (Lipinski definition) is 1. The van der Waals surface area contributed by atoms with Gasteiger partial charge in [0.05, 0.1) is 18.8 Å². The van der Waals surface area contributed by atoms with Crippen LogP contribution in [-0.4, -0.2) is 7.11 Å². The molecule has 2 aromatic rings. The molecule has 0 aliphatic rings. The van der Waals surface area contributed by atoms with E-state index in [1.54, 1.807) is 30.6 Å². The number of ether oxygens (including phenoxy) is 1. The third-order valence-electron chi connectivity index (χ3n) is 2.56. The maximum absolute atomic E-state index is 13.7. The summed E-state index contributed by atoms with van der Waals surface area (Å²) in [5, 5.41) is 5.16. The van der Waals surface area contributed by atoms with E-state index in [9.17, 15) is 4.39 Å². The first-order valence-electron chi connectivity index (χ1n) is 5.44. The zero-order valence-corrected chi connectivity index (χ0v) is 12.4. The van der Waals surface area contributed by atoms with Crippen molar-refractivity contribution in [2.24, 2.45) is 0 Å². The second kappa shape index (κ2) is 5.71. The summed E-state index contributed by atoms with van der Waals surface area (Å²) in [5.74, 6) is 0.358. The minimum Gasteiger partial charge on any atom is -0.497 e. The van der Waals surface area contributed by atoms with Gasteiger partial charge in [-0.2, -0.15) is 0 Å². The van der Waals surface area contributed by atoms with Crippen molar-refractivity contribution in [2.75, 3.05) is 12.4 Å². The van der Waals surface area contributed by atoms with Gasteiger partial charge in [0.1, 0.15) is 11.6 Å². The Morgan fingerprint density at radius 1 is 1.39 bits per heavy atom. The van der Waals surface area contributed by atoms with E-state index in [-0.39, 0.29) is 11.9 Å². The van der Waals surface area contributed by atoms with Crippen LogP contribution in [0.1, 0.15) is 17.8 Å². The Labute approximate surface area is 118 Å². The molecular weight excluding hydrogens is 317 g/mol. The van der Waals surface area contributed by atoms with Crippen LogP contribution in [0.2, 0.25) is 0 Å². The van der Waals surface area contributed by atoms with Crippen molar-refractivity contribution < 1.29 is 9.13 Å². The first kappa shape index (κ1) is 13.4. The molecule has 1 aromatic carbocycles. The number of nitrogens with one attached hydrogen (secondary N) is 1. The summed E-state index contributed by atoms with van der Waals surface area (Å²) >= 11 is 5.04. The maximum Gasteiger partial charge on any atom is 0.146 e. The van der Waals surface area contributed by atoms with Gasteiger partial charge in [0.2, 0.25) is 0 Å². The molecule has 18 heavy (non-hydrogen) atoms. The second-order valence-electron chi connectivity index (χ2n) is 3.88. The number of anilines is 1. The summed E-state index contributed by atoms with van der Waals surface area (Å²) in [5.41, 5.74) is 0.450. The van der Waals surface area contributed by atoms with Gasteiger partial charge in [-0.1, -0.05) is 0 Å². The highest BCUT2D eigenvalue weighted by molar-refractivity contribution is 9.10. The summed E-state index contributed by atoms with van der Waals surface area (Å²) in [6.07, 6.45) is 0. The van der Waals surface area contributed by atoms with Gasteiger partial charge in [-0.15, -0.1) is 11.3 Å². The van der Waals surface area contributed by atoms with Crippen LogP contribution >= 0.6 is 27.3 Å². The Morgan fingerprint density at radius 2 is 2.17 bits per heavy atom. The normalized spacial score (nSPS) is 12.2. The Balaban J connectivity index is 2.18. The largest absolute Gasteiger partial charge is 0.497 e. The van der Waals surface area contributed by atoms with Crippen molar-refractivity contribution in [3.63, 3.8) is 0 Å². The molecule has 2 rings (SSSR count). The van der Waals surface area contributed by atoms with Crippen molar-refractivity contribution in [1.29, 1.82) is 0 Å². The highest BCUT2D eigenvalue weighted by atomic mass is 79.9. The van der Waals surface area contributed by atoms with Gasteiger partial charge < -0.3 is 10.1 Å². The minimum absolute atomic E-state index is 0.0444. The highest BCUT2D eigenvalue weighted by Gasteiger charge is 2.11. The van der Waals surface area contributed by atoms with Crippen LogP contribution in [0.5, 0.6) is 5.75 Å². The lowest BCUT2D eigenvalue weighted by Crippen LogP contribution is -2.06. The van der Waals surface area contributed by atoms with Crippen molar-refractivity contribution in [3.05, 3.63) is 44.8 Å². The zero-order chi connectivity index (χ0) is 13.1. The van der Waals surface area contributed by atoms with Gasteiger partial charge in [-0.25, -0.2) is 4.39 Å². The Bertz CT molecular complexity index is 544. The van der Waals surface area contributed by atoms with Crippen LogP contribution in [0, 0.1) is 5.82 Å². The summed E-state index contributed by atoms with van der Waals surface area (Å²) < 4.78 is 19.8. The topological polar surface area (TPSA) is 21.3 Å². The zero-order valence-electron chi connectivity index (χ0n) is 10.0. The van der Waals surface area contributed by atoms with Gasteiger partial charge in [0, 0.05) is 20.8 Å². The maximum atomic E-state index is 13.7. The summed E-state index contributed by atoms with van der Waals surface area (Å²) in [6.45, 7) is 2.00. The highest BCUT2D eigenvalue weighted by Crippen LogP contribution is 2.30. The molecule has 96 valence electrons. The molecule has 1 aromatic heterocycles. The number of rotatable bonds is 4. The molecule has 1 N–H and O–H groups in total. The van der Waals surface area contributed by atoms with Crippen LogP contribution in [0.3, 0.4) is 0 Å². The third kappa shape index (κ3) is 3.03. The van der Waals surface area contributed by atoms with Crippen LogP contribution in [0.15, 0.2) is 34.1 Å². The van der Waals surface area contributed by atoms with Crippen molar-refractivity contribution >= 4 is 33.0 Å². The van der Waals surface area contributed by atoms with Gasteiger partial charge in [-0.3, -0.25) is 0 Å². The molecule has 1 heterocycles. The van der Waals surface area contributed by atoms with E-state index in [1.807, 2.05) is 18.4 Å². The van der Waals surface area contributed by atoms with Crippen molar-refractivity contribution in [3.8, 4) is 5.75 Å². The smallest absolute Gasteiger partial charge is 0.146 e. The Hall–Kier alpha value is -1.07. The molecule has 0 saturated heterocycles. The second-order valence-corrected chi connectivity index (χ2v) is 5.74. The van der Waals surface area contributed by atoms with E-state index in [1.165, 1.54) is 6.07 Å². The van der Waals surface area contributed by atoms with Crippen LogP contribution < -0.4 is 10.1 Å². The van der Waals surface area contributed by atoms with E-state index >= 15 is 0 Å². The number of halogens is 2. The van der Waals surface area contributed by atoms with Crippen LogP contribution in [-0.2, 0) is 0 Å². The third-order valence-corrected chi connectivity index (χ3v) is 4.44. The van der Waals surface area contributed by atoms with Gasteiger partial charge in [0.25, 0.3) is 0 Å². The summed E-state index contributed by atoms with van der Waals surface area (Å²) in [4.78, 5) is 1.14. The molecule has 0 radical (unpaired) electrons. The van der Waals surface area contributed by atoms with Crippen LogP contribution in [0.25, 0.3) is 0 Å². The lowest BCUT2D eigenvalue weighted by molar-refractivity contribution is 0.414. The fourth-order valence-electron chi connectivity index (χ4n) is 1.60. The standard InChI is InChI=1S/C13H13BrFNOS/c1-8(13-5-9(14)7-18-13)16-12-6-10(17-2)3-4-11(12)15/h3-8,16H,1-2H3. The quantitative estimate of drug-likeness (QED) is 0.867. The first-order chi connectivity index (χ1) is 8.60. The molecule has 0 aliphatic carbocycles. The molecule has 0 fully saturated rings. The number of thiophene rings is 1. The summed E-state index contributed by atoms with van der Waals surface area (Å²) in [7, 11) is 1.57. The molecule has 1 atom stereocenters. The van der Waals surface area contributed by atoms with Gasteiger partial charge >= 0.3 is 0 Å². The number of hydrogen-bond acceptors (Lipinski definition) is 3. The van der Waals surface area contributed by atoms with Crippen molar-refractivity contribution in [1.82, 2.24) is 0 Å². The fraction of sp³-hybridized carbons (Fsp3) is 0.231. The molecular formula is C13H13BrFNOS. The predicted molar refractivity (Wildman–Crippen MR) is 77.0 cm³/mol. The predicted octanol–water partition coefficient (Wildman–Crippen LogP) is 4.83. The van der Waals surface area contributed by atoms with Gasteiger partial charge in [0.15, 0.2) is 0 Å². The summed E-state index contributed by atoms with van der Waals surface area (Å²) in [6, 6.07) is 6.74. The molecule has 1 unspecified atom stereocenters. The molecule has 5 heteroatoms. The first-order valence-corrected chi connectivity index (χ1v) is 7.11. The fourth-order valence-corrected chi connectivity index (χ4v) is 3.05. The molecule has 0 saturated carbocycles. The Kier molecular flexibility index (Phi) is 4.24. The average molecular weight is 330 g/mol. The molecule has 2 nitrogen and oxygen atoms in total. The number of methoxy groups -OCH3 is 1. The lowest BCUT2D eigenvalue weighted by atomic mass is 10.2. The van der Waals surface area contributed by atoms with Crippen LogP contribution in [0.4, 0.5) is 10.1 Å². The van der Waals surface area contributed by atoms with E-state index in [4.69, 9.17) is 4.74 Å². The average Bonchev–Trinajstić information content (AvgIpc) is 2.79. The molecule has 0 amide bonds. The van der Waals surface area contributed by atoms with E-state index in [0.29, 0.717) is 11.4 Å². The van der Waals surface area contributed by atoms with Crippen molar-refractivity contribution in [2.45, 2.75) is 13.0 Å². The van der Waals surface area contributed by atoms with E-state index in [0.717, 1.165) is 9.35 Å². The van der Waals surface area contributed by atoms with E-state index < -0.39 is 0 Å². The Morgan fingerprint density at radius 3 is 2.78 bits per heavy atom. The van der Waals surface area contributed by atoms with Gasteiger partial charge in [-0.05, 0) is 41.1 Å². The minimum atomic E-state index is -0.279. The molecule has 0 spiro atoms.